The third-order valence-corrected chi connectivity index (χ3v) is 9.00. The first-order chi connectivity index (χ1) is 17.7. The molecule has 0 unspecified atom stereocenters. The van der Waals surface area contributed by atoms with E-state index in [1.165, 1.54) is 0 Å². The minimum Gasteiger partial charge on any atom is -0.498 e. The predicted octanol–water partition coefficient (Wildman–Crippen LogP) is 6.56. The van der Waals surface area contributed by atoms with Crippen LogP contribution in [0.15, 0.2) is 42.5 Å². The monoisotopic (exact) mass is 514 g/mol. The number of hydrogen-bond acceptors (Lipinski definition) is 4. The molecule has 1 heterocycles. The Morgan fingerprint density at radius 1 is 1.08 bits per heavy atom. The Labute approximate surface area is 221 Å². The summed E-state index contributed by atoms with van der Waals surface area (Å²) in [6, 6.07) is 13.9. The van der Waals surface area contributed by atoms with E-state index in [9.17, 15) is 9.59 Å². The molecule has 0 radical (unpaired) electrons. The first-order valence-electron chi connectivity index (χ1n) is 12.5. The van der Waals surface area contributed by atoms with Gasteiger partial charge in [0.05, 0.1) is 25.2 Å². The van der Waals surface area contributed by atoms with Crippen LogP contribution in [0.5, 0.6) is 5.75 Å². The number of methoxy groups -OCH3 is 1. The molecular formula is C30H30N2O4S. The first kappa shape index (κ1) is 25.0. The number of carbonyl (C=O) groups is 2. The van der Waals surface area contributed by atoms with Crippen LogP contribution in [0, 0.1) is 31.8 Å². The quantitative estimate of drug-likeness (QED) is 0.350. The lowest BCUT2D eigenvalue weighted by Crippen LogP contribution is -2.57. The lowest BCUT2D eigenvalue weighted by molar-refractivity contribution is -0.155. The van der Waals surface area contributed by atoms with Crippen molar-refractivity contribution in [2.45, 2.75) is 52.0 Å². The molecule has 0 saturated heterocycles. The van der Waals surface area contributed by atoms with Gasteiger partial charge >= 0.3 is 5.97 Å². The van der Waals surface area contributed by atoms with Gasteiger partial charge in [0.2, 0.25) is 0 Å². The lowest BCUT2D eigenvalue weighted by atomic mass is 9.50. The van der Waals surface area contributed by atoms with Gasteiger partial charge in [-0.1, -0.05) is 24.3 Å². The third kappa shape index (κ3) is 4.86. The average Bonchev–Trinajstić information content (AvgIpc) is 3.11. The number of ether oxygens (including phenoxy) is 1. The summed E-state index contributed by atoms with van der Waals surface area (Å²) < 4.78 is 5.34. The van der Waals surface area contributed by atoms with E-state index in [0.717, 1.165) is 63.3 Å². The largest absolute Gasteiger partial charge is 0.498 e. The van der Waals surface area contributed by atoms with E-state index in [0.29, 0.717) is 17.9 Å². The van der Waals surface area contributed by atoms with E-state index in [4.69, 9.17) is 16.4 Å². The van der Waals surface area contributed by atoms with Crippen molar-refractivity contribution in [2.75, 3.05) is 7.11 Å². The number of amides is 1. The number of carboxylic acids is 1. The zero-order chi connectivity index (χ0) is 26.3. The van der Waals surface area contributed by atoms with Gasteiger partial charge in [-0.3, -0.25) is 9.59 Å². The molecule has 3 aromatic rings. The molecule has 0 aliphatic heterocycles. The van der Waals surface area contributed by atoms with Gasteiger partial charge in [-0.25, -0.2) is 4.85 Å². The summed E-state index contributed by atoms with van der Waals surface area (Å²) in [6.07, 6.45) is 3.89. The summed E-state index contributed by atoms with van der Waals surface area (Å²) >= 11 is 1.66. The summed E-state index contributed by atoms with van der Waals surface area (Å²) in [5, 5.41) is 12.4. The Hall–Kier alpha value is -3.63. The normalized spacial score (nSPS) is 22.0. The van der Waals surface area contributed by atoms with Crippen molar-refractivity contribution in [3.05, 3.63) is 80.3 Å². The van der Waals surface area contributed by atoms with E-state index in [1.54, 1.807) is 24.5 Å². The molecule has 1 aromatic heterocycles. The van der Waals surface area contributed by atoms with Gasteiger partial charge < -0.3 is 15.2 Å². The SMILES string of the molecule is [C-]#[N+]c1cc(OC)cc(-c2ccc(Cc3c(C)sc(C)c3C(=O)NC3CC4(C3)CC(C(=O)O)C4)cc2)c1. The molecule has 0 bridgehead atoms. The predicted molar refractivity (Wildman–Crippen MR) is 145 cm³/mol. The highest BCUT2D eigenvalue weighted by molar-refractivity contribution is 7.12. The molecule has 190 valence electrons. The maximum atomic E-state index is 13.3. The second kappa shape index (κ2) is 9.68. The number of rotatable bonds is 7. The number of aryl methyl sites for hydroxylation is 2. The molecule has 37 heavy (non-hydrogen) atoms. The lowest BCUT2D eigenvalue weighted by Gasteiger charge is -2.56. The molecule has 2 fully saturated rings. The summed E-state index contributed by atoms with van der Waals surface area (Å²) in [7, 11) is 1.60. The Morgan fingerprint density at radius 3 is 2.41 bits per heavy atom. The molecule has 2 N–H and O–H groups in total. The molecule has 2 saturated carbocycles. The van der Waals surface area contributed by atoms with E-state index in [2.05, 4.69) is 29.2 Å². The van der Waals surface area contributed by atoms with E-state index in [1.807, 2.05) is 31.2 Å². The number of benzene rings is 2. The van der Waals surface area contributed by atoms with Gasteiger partial charge in [0.15, 0.2) is 5.69 Å². The average molecular weight is 515 g/mol. The molecular weight excluding hydrogens is 484 g/mol. The van der Waals surface area contributed by atoms with Crippen molar-refractivity contribution in [2.24, 2.45) is 11.3 Å². The molecule has 2 aromatic carbocycles. The van der Waals surface area contributed by atoms with E-state index >= 15 is 0 Å². The zero-order valence-corrected chi connectivity index (χ0v) is 22.1. The van der Waals surface area contributed by atoms with Crippen molar-refractivity contribution in [3.63, 3.8) is 0 Å². The fourth-order valence-corrected chi connectivity index (χ4v) is 7.11. The van der Waals surface area contributed by atoms with Crippen molar-refractivity contribution in [1.29, 1.82) is 0 Å². The highest BCUT2D eigenvalue weighted by Crippen LogP contribution is 2.58. The van der Waals surface area contributed by atoms with Crippen LogP contribution >= 0.6 is 11.3 Å². The minimum atomic E-state index is -0.697. The fraction of sp³-hybridized carbons (Fsp3) is 0.367. The van der Waals surface area contributed by atoms with Crippen LogP contribution < -0.4 is 10.1 Å². The molecule has 2 aliphatic carbocycles. The van der Waals surface area contributed by atoms with Crippen LogP contribution in [0.2, 0.25) is 0 Å². The van der Waals surface area contributed by atoms with Gasteiger partial charge in [0, 0.05) is 15.8 Å². The molecule has 6 nitrogen and oxygen atoms in total. The second-order valence-electron chi connectivity index (χ2n) is 10.5. The molecule has 7 heteroatoms. The molecule has 5 rings (SSSR count). The maximum absolute atomic E-state index is 13.3. The molecule has 2 aliphatic rings. The highest BCUT2D eigenvalue weighted by atomic mass is 32.1. The summed E-state index contributed by atoms with van der Waals surface area (Å²) in [4.78, 5) is 30.2. The second-order valence-corrected chi connectivity index (χ2v) is 11.9. The van der Waals surface area contributed by atoms with Crippen LogP contribution in [0.25, 0.3) is 16.0 Å². The van der Waals surface area contributed by atoms with Gasteiger partial charge in [-0.2, -0.15) is 0 Å². The Kier molecular flexibility index (Phi) is 6.55. The van der Waals surface area contributed by atoms with Gasteiger partial charge in [0.25, 0.3) is 5.91 Å². The number of nitrogens with one attached hydrogen (secondary N) is 1. The summed E-state index contributed by atoms with van der Waals surface area (Å²) in [5.74, 6) is -0.277. The third-order valence-electron chi connectivity index (χ3n) is 7.94. The Morgan fingerprint density at radius 2 is 1.78 bits per heavy atom. The van der Waals surface area contributed by atoms with Crippen LogP contribution in [-0.2, 0) is 11.2 Å². The number of aliphatic carboxylic acids is 1. The fourth-order valence-electron chi connectivity index (χ4n) is 6.03. The first-order valence-corrected chi connectivity index (χ1v) is 13.3. The standard InChI is InChI=1S/C30H30N2O4S/c1-17-26(9-19-5-7-20(8-6-19)21-10-23(31-3)12-25(11-21)36-4)27(18(2)37-17)28(33)32-24-15-30(16-24)13-22(14-30)29(34)35/h5-8,10-12,22,24H,9,13-16H2,1-2,4H3,(H,32,33)(H,34,35). The van der Waals surface area contributed by atoms with Crippen molar-refractivity contribution in [3.8, 4) is 16.9 Å². The van der Waals surface area contributed by atoms with Crippen LogP contribution in [0.4, 0.5) is 5.69 Å². The smallest absolute Gasteiger partial charge is 0.306 e. The van der Waals surface area contributed by atoms with Crippen LogP contribution in [0.1, 0.15) is 56.9 Å². The van der Waals surface area contributed by atoms with Crippen molar-refractivity contribution in [1.82, 2.24) is 5.32 Å². The Bertz CT molecular complexity index is 1400. The summed E-state index contributed by atoms with van der Waals surface area (Å²) in [5.41, 5.74) is 5.55. The Balaban J connectivity index is 1.28. The number of hydrogen-bond donors (Lipinski definition) is 2. The topological polar surface area (TPSA) is 80.0 Å². The van der Waals surface area contributed by atoms with E-state index < -0.39 is 5.97 Å². The minimum absolute atomic E-state index is 0.0227. The van der Waals surface area contributed by atoms with Gasteiger partial charge in [-0.15, -0.1) is 11.3 Å². The maximum Gasteiger partial charge on any atom is 0.306 e. The number of carboxylic acid groups (broad SMARTS) is 1. The number of thiophene rings is 1. The van der Waals surface area contributed by atoms with Gasteiger partial charge in [0.1, 0.15) is 5.75 Å². The molecule has 1 amide bonds. The van der Waals surface area contributed by atoms with Crippen molar-refractivity contribution < 1.29 is 19.4 Å². The zero-order valence-electron chi connectivity index (χ0n) is 21.3. The highest BCUT2D eigenvalue weighted by Gasteiger charge is 2.55. The van der Waals surface area contributed by atoms with Crippen LogP contribution in [-0.4, -0.2) is 30.1 Å². The van der Waals surface area contributed by atoms with E-state index in [-0.39, 0.29) is 23.3 Å². The number of nitrogens with zero attached hydrogens (tertiary/aromatic N) is 1. The van der Waals surface area contributed by atoms with Crippen molar-refractivity contribution >= 4 is 28.9 Å². The summed E-state index contributed by atoms with van der Waals surface area (Å²) in [6.45, 7) is 11.4. The van der Waals surface area contributed by atoms with Gasteiger partial charge in [-0.05, 0) is 91.8 Å². The van der Waals surface area contributed by atoms with Crippen LogP contribution in [0.3, 0.4) is 0 Å². The molecule has 1 spiro atoms. The molecule has 0 atom stereocenters. The number of carbonyl (C=O) groups excluding carboxylic acids is 1.